The van der Waals surface area contributed by atoms with E-state index in [1.54, 1.807) is 18.2 Å². The summed E-state index contributed by atoms with van der Waals surface area (Å²) in [6, 6.07) is 13.8. The lowest BCUT2D eigenvalue weighted by molar-refractivity contribution is -0.255. The minimum atomic E-state index is -1.19. The molecule has 0 bridgehead atoms. The Bertz CT molecular complexity index is 575. The lowest BCUT2D eigenvalue weighted by atomic mass is 10.1. The molecule has 0 aliphatic rings. The first-order chi connectivity index (χ1) is 9.69. The second kappa shape index (κ2) is 6.61. The van der Waals surface area contributed by atoms with E-state index >= 15 is 0 Å². The maximum absolute atomic E-state index is 10.8. The maximum Gasteiger partial charge on any atom is 0.120 e. The summed E-state index contributed by atoms with van der Waals surface area (Å²) in [6.07, 6.45) is 0. The topological polar surface area (TPSA) is 58.6 Å². The zero-order valence-corrected chi connectivity index (χ0v) is 11.2. The van der Waals surface area contributed by atoms with Crippen LogP contribution in [0.2, 0.25) is 0 Å². The Kier molecular flexibility index (Phi) is 4.60. The van der Waals surface area contributed by atoms with E-state index in [4.69, 9.17) is 9.47 Å². The van der Waals surface area contributed by atoms with Gasteiger partial charge >= 0.3 is 0 Å². The van der Waals surface area contributed by atoms with Crippen molar-refractivity contribution in [3.63, 3.8) is 0 Å². The van der Waals surface area contributed by atoms with E-state index in [1.807, 2.05) is 31.2 Å². The van der Waals surface area contributed by atoms with Crippen molar-refractivity contribution in [3.8, 4) is 11.5 Å². The van der Waals surface area contributed by atoms with Crippen molar-refractivity contribution in [1.82, 2.24) is 0 Å². The second-order valence-electron chi connectivity index (χ2n) is 4.18. The van der Waals surface area contributed by atoms with Gasteiger partial charge in [0.25, 0.3) is 0 Å². The van der Waals surface area contributed by atoms with Crippen LogP contribution < -0.4 is 14.6 Å². The fraction of sp³-hybridized carbons (Fsp3) is 0.188. The zero-order valence-electron chi connectivity index (χ0n) is 11.2. The SMILES string of the molecule is CCOc1ccc(OCc2cccc(C(=O)[O-])c2)cc1. The summed E-state index contributed by atoms with van der Waals surface area (Å²) in [5.74, 6) is 0.305. The molecule has 0 amide bonds. The van der Waals surface area contributed by atoms with Gasteiger partial charge in [-0.15, -0.1) is 0 Å². The molecule has 0 atom stereocenters. The van der Waals surface area contributed by atoms with Crippen LogP contribution in [0.5, 0.6) is 11.5 Å². The predicted octanol–water partition coefficient (Wildman–Crippen LogP) is 2.03. The number of hydrogen-bond acceptors (Lipinski definition) is 4. The summed E-state index contributed by atoms with van der Waals surface area (Å²) in [4.78, 5) is 10.8. The number of carboxylic acids is 1. The summed E-state index contributed by atoms with van der Waals surface area (Å²) < 4.78 is 10.9. The van der Waals surface area contributed by atoms with Crippen molar-refractivity contribution in [3.05, 3.63) is 59.7 Å². The normalized spacial score (nSPS) is 10.1. The molecule has 4 heteroatoms. The van der Waals surface area contributed by atoms with E-state index in [-0.39, 0.29) is 5.56 Å². The Balaban J connectivity index is 1.97. The quantitative estimate of drug-likeness (QED) is 0.806. The Hall–Kier alpha value is -2.49. The Morgan fingerprint density at radius 1 is 1.05 bits per heavy atom. The van der Waals surface area contributed by atoms with Crippen LogP contribution in [-0.2, 0) is 6.61 Å². The van der Waals surface area contributed by atoms with Gasteiger partial charge in [-0.2, -0.15) is 0 Å². The number of aromatic carboxylic acids is 1. The van der Waals surface area contributed by atoms with Gasteiger partial charge in [-0.05, 0) is 48.4 Å². The summed E-state index contributed by atoms with van der Waals surface area (Å²) in [6.45, 7) is 2.85. The van der Waals surface area contributed by atoms with Crippen LogP contribution in [-0.4, -0.2) is 12.6 Å². The van der Waals surface area contributed by atoms with Crippen molar-refractivity contribution in [2.75, 3.05) is 6.61 Å². The van der Waals surface area contributed by atoms with Gasteiger partial charge in [0.05, 0.1) is 12.6 Å². The highest BCUT2D eigenvalue weighted by atomic mass is 16.5. The summed E-state index contributed by atoms with van der Waals surface area (Å²) in [7, 11) is 0. The molecule has 0 saturated heterocycles. The molecule has 0 N–H and O–H groups in total. The first-order valence-electron chi connectivity index (χ1n) is 6.35. The van der Waals surface area contributed by atoms with Crippen LogP contribution in [0.3, 0.4) is 0 Å². The highest BCUT2D eigenvalue weighted by molar-refractivity contribution is 5.85. The number of carbonyl (C=O) groups excluding carboxylic acids is 1. The van der Waals surface area contributed by atoms with Crippen molar-refractivity contribution in [2.45, 2.75) is 13.5 Å². The van der Waals surface area contributed by atoms with Crippen LogP contribution in [0.4, 0.5) is 0 Å². The molecule has 20 heavy (non-hydrogen) atoms. The smallest absolute Gasteiger partial charge is 0.120 e. The van der Waals surface area contributed by atoms with Gasteiger partial charge in [0, 0.05) is 0 Å². The van der Waals surface area contributed by atoms with Gasteiger partial charge in [0.2, 0.25) is 0 Å². The molecular formula is C16H15O4-. The second-order valence-corrected chi connectivity index (χ2v) is 4.18. The number of benzene rings is 2. The maximum atomic E-state index is 10.8. The summed E-state index contributed by atoms with van der Waals surface area (Å²) in [5, 5.41) is 10.8. The van der Waals surface area contributed by atoms with Crippen molar-refractivity contribution >= 4 is 5.97 Å². The minimum Gasteiger partial charge on any atom is -0.545 e. The molecule has 0 unspecified atom stereocenters. The molecule has 0 aliphatic heterocycles. The molecular weight excluding hydrogens is 256 g/mol. The largest absolute Gasteiger partial charge is 0.545 e. The third kappa shape index (κ3) is 3.75. The first kappa shape index (κ1) is 13.9. The lowest BCUT2D eigenvalue weighted by Gasteiger charge is -2.09. The number of hydrogen-bond donors (Lipinski definition) is 0. The monoisotopic (exact) mass is 271 g/mol. The predicted molar refractivity (Wildman–Crippen MR) is 72.7 cm³/mol. The molecule has 0 aromatic heterocycles. The molecule has 2 aromatic carbocycles. The van der Waals surface area contributed by atoms with Crippen LogP contribution in [0.15, 0.2) is 48.5 Å². The average Bonchev–Trinajstić information content (AvgIpc) is 2.47. The lowest BCUT2D eigenvalue weighted by Crippen LogP contribution is -2.22. The third-order valence-corrected chi connectivity index (χ3v) is 2.70. The standard InChI is InChI=1S/C16H16O4/c1-2-19-14-6-8-15(9-7-14)20-11-12-4-3-5-13(10-12)16(17)18/h3-10H,2,11H2,1H3,(H,17,18)/p-1. The van der Waals surface area contributed by atoms with Gasteiger partial charge in [0.1, 0.15) is 18.1 Å². The molecule has 0 radical (unpaired) electrons. The van der Waals surface area contributed by atoms with Crippen LogP contribution in [0.1, 0.15) is 22.8 Å². The van der Waals surface area contributed by atoms with Crippen molar-refractivity contribution in [1.29, 1.82) is 0 Å². The van der Waals surface area contributed by atoms with E-state index in [0.717, 1.165) is 11.3 Å². The molecule has 0 saturated carbocycles. The first-order valence-corrected chi connectivity index (χ1v) is 6.35. The van der Waals surface area contributed by atoms with E-state index in [0.29, 0.717) is 19.0 Å². The van der Waals surface area contributed by atoms with E-state index < -0.39 is 5.97 Å². The van der Waals surface area contributed by atoms with Crippen LogP contribution in [0, 0.1) is 0 Å². The Labute approximate surface area is 117 Å². The Morgan fingerprint density at radius 2 is 1.70 bits per heavy atom. The molecule has 104 valence electrons. The van der Waals surface area contributed by atoms with Crippen LogP contribution >= 0.6 is 0 Å². The summed E-state index contributed by atoms with van der Waals surface area (Å²) >= 11 is 0. The highest BCUT2D eigenvalue weighted by Crippen LogP contribution is 2.18. The van der Waals surface area contributed by atoms with Gasteiger partial charge in [0.15, 0.2) is 0 Å². The number of carbonyl (C=O) groups is 1. The van der Waals surface area contributed by atoms with Gasteiger partial charge in [-0.25, -0.2) is 0 Å². The number of rotatable bonds is 6. The molecule has 0 fully saturated rings. The van der Waals surface area contributed by atoms with Crippen LogP contribution in [0.25, 0.3) is 0 Å². The van der Waals surface area contributed by atoms with Gasteiger partial charge in [-0.1, -0.05) is 18.2 Å². The van der Waals surface area contributed by atoms with Crippen molar-refractivity contribution < 1.29 is 19.4 Å². The van der Waals surface area contributed by atoms with Gasteiger partial charge < -0.3 is 19.4 Å². The molecule has 2 rings (SSSR count). The Morgan fingerprint density at radius 3 is 2.30 bits per heavy atom. The minimum absolute atomic E-state index is 0.151. The van der Waals surface area contributed by atoms with E-state index in [9.17, 15) is 9.90 Å². The molecule has 0 spiro atoms. The molecule has 2 aromatic rings. The molecule has 0 aliphatic carbocycles. The van der Waals surface area contributed by atoms with E-state index in [2.05, 4.69) is 0 Å². The van der Waals surface area contributed by atoms with Gasteiger partial charge in [-0.3, -0.25) is 0 Å². The third-order valence-electron chi connectivity index (χ3n) is 2.70. The number of carboxylic acid groups (broad SMARTS) is 1. The summed E-state index contributed by atoms with van der Waals surface area (Å²) in [5.41, 5.74) is 0.929. The number of ether oxygens (including phenoxy) is 2. The van der Waals surface area contributed by atoms with E-state index in [1.165, 1.54) is 6.07 Å². The van der Waals surface area contributed by atoms with Crippen molar-refractivity contribution in [2.24, 2.45) is 0 Å². The molecule has 4 nitrogen and oxygen atoms in total. The fourth-order valence-corrected chi connectivity index (χ4v) is 1.75. The fourth-order valence-electron chi connectivity index (χ4n) is 1.75. The average molecular weight is 271 g/mol. The molecule has 0 heterocycles. The zero-order chi connectivity index (χ0) is 14.4. The highest BCUT2D eigenvalue weighted by Gasteiger charge is 1.99.